The van der Waals surface area contributed by atoms with Crippen molar-refractivity contribution in [1.29, 1.82) is 0 Å². The Kier molecular flexibility index (Phi) is 7.38. The Labute approximate surface area is 107 Å². The van der Waals surface area contributed by atoms with E-state index in [0.29, 0.717) is 0 Å². The van der Waals surface area contributed by atoms with Crippen molar-refractivity contribution in [3.63, 3.8) is 0 Å². The first kappa shape index (κ1) is 13.9. The molecule has 0 aromatic carbocycles. The first-order chi connectivity index (χ1) is 5.41. The highest BCUT2D eigenvalue weighted by Crippen LogP contribution is 2.39. The molecule has 0 saturated carbocycles. The largest absolute Gasteiger partial charge is 0.389 e. The maximum Gasteiger partial charge on any atom is 0.108 e. The van der Waals surface area contributed by atoms with Crippen LogP contribution >= 0.6 is 63.7 Å². The van der Waals surface area contributed by atoms with E-state index >= 15 is 0 Å². The van der Waals surface area contributed by atoms with Gasteiger partial charge in [-0.05, 0) is 6.42 Å². The summed E-state index contributed by atoms with van der Waals surface area (Å²) in [6.07, 6.45) is 2.61. The van der Waals surface area contributed by atoms with Gasteiger partial charge in [-0.1, -0.05) is 83.5 Å². The number of aliphatic hydroxyl groups excluding tert-OH is 1. The van der Waals surface area contributed by atoms with E-state index < -0.39 is 6.10 Å². The topological polar surface area (TPSA) is 20.2 Å². The summed E-state index contributed by atoms with van der Waals surface area (Å²) in [6.45, 7) is 2.13. The summed E-state index contributed by atoms with van der Waals surface area (Å²) in [4.78, 5) is 0. The summed E-state index contributed by atoms with van der Waals surface area (Å²) in [6, 6.07) is 0. The van der Waals surface area contributed by atoms with Crippen LogP contribution in [0.25, 0.3) is 0 Å². The lowest BCUT2D eigenvalue weighted by molar-refractivity contribution is 0.180. The van der Waals surface area contributed by atoms with Crippen LogP contribution in [0.2, 0.25) is 0 Å². The van der Waals surface area contributed by atoms with Gasteiger partial charge in [0.1, 0.15) is 9.34 Å². The van der Waals surface area contributed by atoms with Crippen molar-refractivity contribution >= 4 is 63.7 Å². The molecule has 0 aliphatic heterocycles. The molecule has 0 aromatic rings. The number of hydrogen-bond donors (Lipinski definition) is 1. The van der Waals surface area contributed by atoms with E-state index in [-0.39, 0.29) is 6.97 Å². The van der Waals surface area contributed by atoms with Gasteiger partial charge in [0.05, 0.1) is 3.74 Å². The third kappa shape index (κ3) is 4.94. The summed E-state index contributed by atoms with van der Waals surface area (Å²) in [7, 11) is 0. The lowest BCUT2D eigenvalue weighted by atomic mass is 10.1. The molecule has 1 nitrogen and oxygen atoms in total. The van der Waals surface area contributed by atoms with Crippen molar-refractivity contribution in [1.82, 2.24) is 0 Å². The zero-order chi connectivity index (χ0) is 9.78. The van der Waals surface area contributed by atoms with Crippen molar-refractivity contribution in [2.75, 3.05) is 0 Å². The highest BCUT2D eigenvalue weighted by Gasteiger charge is 2.35. The first-order valence-electron chi connectivity index (χ1n) is 3.76. The van der Waals surface area contributed by atoms with Crippen LogP contribution in [-0.2, 0) is 0 Å². The lowest BCUT2D eigenvalue weighted by Crippen LogP contribution is -2.34. The van der Waals surface area contributed by atoms with Crippen LogP contribution in [0.4, 0.5) is 0 Å². The molecule has 0 amide bonds. The van der Waals surface area contributed by atoms with Gasteiger partial charge >= 0.3 is 0 Å². The van der Waals surface area contributed by atoms with E-state index in [1.165, 1.54) is 0 Å². The van der Waals surface area contributed by atoms with Gasteiger partial charge in [0.15, 0.2) is 0 Å². The van der Waals surface area contributed by atoms with Crippen LogP contribution in [0.15, 0.2) is 0 Å². The van der Waals surface area contributed by atoms with Crippen LogP contribution in [0.5, 0.6) is 0 Å². The van der Waals surface area contributed by atoms with Crippen molar-refractivity contribution < 1.29 is 5.11 Å². The number of rotatable bonds is 5. The highest BCUT2D eigenvalue weighted by molar-refractivity contribution is 9.26. The lowest BCUT2D eigenvalue weighted by Gasteiger charge is -2.27. The van der Waals surface area contributed by atoms with E-state index in [4.69, 9.17) is 0 Å². The molecule has 0 rings (SSSR count). The Morgan fingerprint density at radius 3 is 2.17 bits per heavy atom. The molecule has 0 bridgehead atoms. The predicted molar refractivity (Wildman–Crippen MR) is 67.8 cm³/mol. The molecule has 0 heterocycles. The minimum Gasteiger partial charge on any atom is -0.389 e. The number of aliphatic hydroxyl groups is 1. The fourth-order valence-electron chi connectivity index (χ4n) is 0.745. The SMILES string of the molecule is CCCCC(Br)(Br)C(O)C(Br)Br. The average Bonchev–Trinajstić information content (AvgIpc) is 1.99. The molecule has 0 aromatic heterocycles. The number of unbranched alkanes of at least 4 members (excludes halogenated alkanes) is 1. The van der Waals surface area contributed by atoms with E-state index in [2.05, 4.69) is 70.6 Å². The van der Waals surface area contributed by atoms with Crippen molar-refractivity contribution in [3.05, 3.63) is 0 Å². The van der Waals surface area contributed by atoms with E-state index in [9.17, 15) is 5.11 Å². The van der Waals surface area contributed by atoms with E-state index in [0.717, 1.165) is 19.3 Å². The standard InChI is InChI=1S/C7H12Br4O/c1-2-3-4-7(10,11)5(12)6(8)9/h5-6,12H,2-4H2,1H3. The minimum absolute atomic E-state index is 0.0967. The fourth-order valence-corrected chi connectivity index (χ4v) is 4.16. The summed E-state index contributed by atoms with van der Waals surface area (Å²) >= 11 is 13.5. The number of hydrogen-bond acceptors (Lipinski definition) is 1. The summed E-state index contributed by atoms with van der Waals surface area (Å²) < 4.78 is -0.478. The Bertz CT molecular complexity index is 127. The molecule has 1 N–H and O–H groups in total. The maximum atomic E-state index is 9.69. The van der Waals surface area contributed by atoms with E-state index in [1.54, 1.807) is 0 Å². The molecule has 0 radical (unpaired) electrons. The average molecular weight is 432 g/mol. The molecular weight excluding hydrogens is 420 g/mol. The third-order valence-electron chi connectivity index (χ3n) is 1.54. The second-order valence-electron chi connectivity index (χ2n) is 2.64. The smallest absolute Gasteiger partial charge is 0.108 e. The summed E-state index contributed by atoms with van der Waals surface area (Å²) in [5.74, 6) is 0. The van der Waals surface area contributed by atoms with Gasteiger partial charge in [-0.2, -0.15) is 0 Å². The molecule has 0 aliphatic rings. The Balaban J connectivity index is 3.99. The zero-order valence-electron chi connectivity index (χ0n) is 6.74. The third-order valence-corrected chi connectivity index (χ3v) is 4.27. The van der Waals surface area contributed by atoms with Crippen LogP contribution in [0.3, 0.4) is 0 Å². The van der Waals surface area contributed by atoms with Crippen molar-refractivity contribution in [3.8, 4) is 0 Å². The maximum absolute atomic E-state index is 9.69. The number of alkyl halides is 4. The summed E-state index contributed by atoms with van der Waals surface area (Å²) in [5.41, 5.74) is 0. The molecule has 1 unspecified atom stereocenters. The molecule has 5 heteroatoms. The van der Waals surface area contributed by atoms with Gasteiger partial charge in [0, 0.05) is 0 Å². The quantitative estimate of drug-likeness (QED) is 0.649. The van der Waals surface area contributed by atoms with Crippen LogP contribution in [0.1, 0.15) is 26.2 Å². The second-order valence-corrected chi connectivity index (χ2v) is 9.74. The van der Waals surface area contributed by atoms with Crippen molar-refractivity contribution in [2.45, 2.75) is 39.3 Å². The van der Waals surface area contributed by atoms with Crippen LogP contribution in [-0.4, -0.2) is 18.2 Å². The zero-order valence-corrected chi connectivity index (χ0v) is 13.1. The van der Waals surface area contributed by atoms with Gasteiger partial charge < -0.3 is 5.11 Å². The highest BCUT2D eigenvalue weighted by atomic mass is 79.9. The molecule has 0 spiro atoms. The molecule has 0 aliphatic carbocycles. The predicted octanol–water partition coefficient (Wildman–Crippen LogP) is 4.14. The normalized spacial score (nSPS) is 15.2. The van der Waals surface area contributed by atoms with Gasteiger partial charge in [-0.15, -0.1) is 0 Å². The van der Waals surface area contributed by atoms with Gasteiger partial charge in [-0.25, -0.2) is 0 Å². The Hall–Kier alpha value is 1.88. The van der Waals surface area contributed by atoms with Gasteiger partial charge in [0.25, 0.3) is 0 Å². The molecule has 0 fully saturated rings. The van der Waals surface area contributed by atoms with Gasteiger partial charge in [0.2, 0.25) is 0 Å². The molecule has 74 valence electrons. The minimum atomic E-state index is -0.496. The van der Waals surface area contributed by atoms with E-state index in [1.807, 2.05) is 0 Å². The number of halogens is 4. The Morgan fingerprint density at radius 1 is 1.33 bits per heavy atom. The molecule has 12 heavy (non-hydrogen) atoms. The monoisotopic (exact) mass is 428 g/mol. The van der Waals surface area contributed by atoms with Gasteiger partial charge in [-0.3, -0.25) is 0 Å². The first-order valence-corrected chi connectivity index (χ1v) is 7.17. The second kappa shape index (κ2) is 6.38. The molecule has 0 saturated heterocycles. The fraction of sp³-hybridized carbons (Fsp3) is 1.00. The molecular formula is C7H12Br4O. The molecule has 1 atom stereocenters. The van der Waals surface area contributed by atoms with Crippen LogP contribution in [0, 0.1) is 0 Å². The Morgan fingerprint density at radius 2 is 1.83 bits per heavy atom. The van der Waals surface area contributed by atoms with Crippen molar-refractivity contribution in [2.24, 2.45) is 0 Å². The van der Waals surface area contributed by atoms with Crippen LogP contribution < -0.4 is 0 Å². The summed E-state index contributed by atoms with van der Waals surface area (Å²) in [5, 5.41) is 9.69.